The SMILES string of the molecule is CCN(CC)C(=O)C(C(N)=O)(c1ccc2nc(C)cc(N)c2c1)c1ccc2nc(C)cc(N)c2c1.Cl.Cl. The van der Waals surface area contributed by atoms with Gasteiger partial charge in [-0.2, -0.15) is 0 Å². The van der Waals surface area contributed by atoms with Crippen molar-refractivity contribution in [2.24, 2.45) is 5.73 Å². The number of hydrogen-bond acceptors (Lipinski definition) is 6. The molecular formula is C27H32Cl2N6O2. The maximum absolute atomic E-state index is 14.2. The second-order valence-corrected chi connectivity index (χ2v) is 8.76. The molecule has 0 atom stereocenters. The number of carbonyl (C=O) groups is 2. The number of nitrogens with two attached hydrogens (primary N) is 3. The van der Waals surface area contributed by atoms with E-state index in [0.29, 0.717) is 57.4 Å². The van der Waals surface area contributed by atoms with Gasteiger partial charge in [-0.15, -0.1) is 24.8 Å². The molecule has 6 N–H and O–H groups in total. The van der Waals surface area contributed by atoms with Crippen molar-refractivity contribution in [2.45, 2.75) is 33.1 Å². The number of hydrogen-bond donors (Lipinski definition) is 3. The van der Waals surface area contributed by atoms with Crippen LogP contribution in [0.1, 0.15) is 36.4 Å². The number of likely N-dealkylation sites (N-methyl/N-ethyl adjacent to an activating group) is 1. The molecule has 2 heterocycles. The first-order valence-electron chi connectivity index (χ1n) is 11.6. The zero-order chi connectivity index (χ0) is 25.5. The number of nitrogens with zero attached hydrogens (tertiary/aromatic N) is 3. The first kappa shape index (κ1) is 29.6. The molecule has 4 rings (SSSR count). The van der Waals surface area contributed by atoms with Crippen LogP contribution >= 0.6 is 24.8 Å². The van der Waals surface area contributed by atoms with Gasteiger partial charge in [-0.05, 0) is 75.2 Å². The molecule has 0 unspecified atom stereocenters. The van der Waals surface area contributed by atoms with Gasteiger partial charge in [0.15, 0.2) is 5.41 Å². The highest BCUT2D eigenvalue weighted by molar-refractivity contribution is 6.15. The van der Waals surface area contributed by atoms with E-state index < -0.39 is 17.2 Å². The lowest BCUT2D eigenvalue weighted by molar-refractivity contribution is -0.141. The van der Waals surface area contributed by atoms with Crippen molar-refractivity contribution < 1.29 is 9.59 Å². The van der Waals surface area contributed by atoms with E-state index in [1.807, 2.05) is 27.7 Å². The minimum absolute atomic E-state index is 0. The molecule has 0 fully saturated rings. The number of aryl methyl sites for hydroxylation is 2. The van der Waals surface area contributed by atoms with Crippen LogP contribution in [0.3, 0.4) is 0 Å². The highest BCUT2D eigenvalue weighted by Gasteiger charge is 2.50. The summed E-state index contributed by atoms with van der Waals surface area (Å²) in [7, 11) is 0. The van der Waals surface area contributed by atoms with E-state index in [2.05, 4.69) is 9.97 Å². The molecule has 0 aliphatic rings. The number of halogens is 2. The van der Waals surface area contributed by atoms with Crippen LogP contribution in [0.4, 0.5) is 11.4 Å². The van der Waals surface area contributed by atoms with Gasteiger partial charge >= 0.3 is 0 Å². The highest BCUT2D eigenvalue weighted by Crippen LogP contribution is 2.39. The molecule has 8 nitrogen and oxygen atoms in total. The summed E-state index contributed by atoms with van der Waals surface area (Å²) in [6.07, 6.45) is 0. The van der Waals surface area contributed by atoms with E-state index >= 15 is 0 Å². The number of benzene rings is 2. The number of pyridine rings is 2. The van der Waals surface area contributed by atoms with E-state index in [1.54, 1.807) is 53.4 Å². The minimum atomic E-state index is -1.80. The Morgan fingerprint density at radius 1 is 0.784 bits per heavy atom. The fraction of sp³-hybridized carbons (Fsp3) is 0.259. The number of primary amides is 1. The van der Waals surface area contributed by atoms with Crippen LogP contribution in [-0.4, -0.2) is 39.8 Å². The summed E-state index contributed by atoms with van der Waals surface area (Å²) in [4.78, 5) is 38.3. The molecule has 2 aromatic heterocycles. The van der Waals surface area contributed by atoms with Crippen LogP contribution in [0.25, 0.3) is 21.8 Å². The minimum Gasteiger partial charge on any atom is -0.398 e. The molecule has 0 bridgehead atoms. The fourth-order valence-electron chi connectivity index (χ4n) is 4.80. The number of carbonyl (C=O) groups excluding carboxylic acids is 2. The normalized spacial score (nSPS) is 11.0. The standard InChI is InChI=1S/C27H30N6O2.2ClH/c1-5-33(6-2)26(35)27(25(30)34,17-7-9-23-19(13-17)21(28)11-15(3)31-23)18-8-10-24-20(14-18)22(29)12-16(4)32-24;;/h7-14H,5-6H2,1-4H3,(H2,28,31)(H2,29,32)(H2,30,34);2*1H. The van der Waals surface area contributed by atoms with E-state index in [0.717, 1.165) is 11.4 Å². The molecule has 0 saturated heterocycles. The smallest absolute Gasteiger partial charge is 0.247 e. The van der Waals surface area contributed by atoms with Crippen molar-refractivity contribution >= 4 is 69.8 Å². The van der Waals surface area contributed by atoms with Crippen molar-refractivity contribution in [1.29, 1.82) is 0 Å². The predicted octanol–water partition coefficient (Wildman–Crippen LogP) is 4.05. The Kier molecular flexibility index (Phi) is 8.95. The van der Waals surface area contributed by atoms with Gasteiger partial charge in [-0.25, -0.2) is 0 Å². The molecule has 0 aliphatic heterocycles. The Labute approximate surface area is 228 Å². The Morgan fingerprint density at radius 3 is 1.54 bits per heavy atom. The number of amides is 2. The molecule has 196 valence electrons. The van der Waals surface area contributed by atoms with Crippen LogP contribution in [0, 0.1) is 13.8 Å². The molecular weight excluding hydrogens is 511 g/mol. The van der Waals surface area contributed by atoms with Crippen molar-refractivity contribution in [3.8, 4) is 0 Å². The van der Waals surface area contributed by atoms with E-state index in [-0.39, 0.29) is 24.8 Å². The number of nitrogen functional groups attached to an aromatic ring is 2. The lowest BCUT2D eigenvalue weighted by Gasteiger charge is -2.35. The van der Waals surface area contributed by atoms with Gasteiger partial charge in [-0.1, -0.05) is 12.1 Å². The summed E-state index contributed by atoms with van der Waals surface area (Å²) in [5, 5.41) is 1.28. The fourth-order valence-corrected chi connectivity index (χ4v) is 4.80. The second kappa shape index (κ2) is 11.2. The van der Waals surface area contributed by atoms with Gasteiger partial charge < -0.3 is 22.1 Å². The molecule has 0 aliphatic carbocycles. The van der Waals surface area contributed by atoms with Crippen molar-refractivity contribution in [3.05, 3.63) is 71.0 Å². The topological polar surface area (TPSA) is 141 Å². The van der Waals surface area contributed by atoms with Crippen LogP contribution in [0.5, 0.6) is 0 Å². The largest absolute Gasteiger partial charge is 0.398 e. The number of aromatic nitrogens is 2. The van der Waals surface area contributed by atoms with Gasteiger partial charge in [0.25, 0.3) is 0 Å². The molecule has 4 aromatic rings. The molecule has 2 amide bonds. The first-order chi connectivity index (χ1) is 16.6. The second-order valence-electron chi connectivity index (χ2n) is 8.76. The zero-order valence-corrected chi connectivity index (χ0v) is 22.9. The third-order valence-corrected chi connectivity index (χ3v) is 6.54. The van der Waals surface area contributed by atoms with Gasteiger partial charge in [0.2, 0.25) is 11.8 Å². The summed E-state index contributed by atoms with van der Waals surface area (Å²) >= 11 is 0. The van der Waals surface area contributed by atoms with Gasteiger partial charge in [-0.3, -0.25) is 19.6 Å². The molecule has 37 heavy (non-hydrogen) atoms. The Morgan fingerprint density at radius 2 is 1.19 bits per heavy atom. The molecule has 0 radical (unpaired) electrons. The van der Waals surface area contributed by atoms with Crippen LogP contribution in [-0.2, 0) is 15.0 Å². The van der Waals surface area contributed by atoms with E-state index in [4.69, 9.17) is 17.2 Å². The Hall–Kier alpha value is -3.62. The lowest BCUT2D eigenvalue weighted by atomic mass is 9.71. The van der Waals surface area contributed by atoms with E-state index in [9.17, 15) is 9.59 Å². The quantitative estimate of drug-likeness (QED) is 0.314. The Balaban J connectivity index is 0.00000241. The van der Waals surface area contributed by atoms with Crippen molar-refractivity contribution in [2.75, 3.05) is 24.6 Å². The number of fused-ring (bicyclic) bond motifs is 2. The van der Waals surface area contributed by atoms with Crippen molar-refractivity contribution in [1.82, 2.24) is 14.9 Å². The highest BCUT2D eigenvalue weighted by atomic mass is 35.5. The van der Waals surface area contributed by atoms with E-state index in [1.165, 1.54) is 0 Å². The van der Waals surface area contributed by atoms with Gasteiger partial charge in [0.05, 0.1) is 11.0 Å². The Bertz CT molecular complexity index is 1400. The van der Waals surface area contributed by atoms with Crippen LogP contribution < -0.4 is 17.2 Å². The summed E-state index contributed by atoms with van der Waals surface area (Å²) < 4.78 is 0. The predicted molar refractivity (Wildman–Crippen MR) is 154 cm³/mol. The molecule has 0 saturated carbocycles. The number of anilines is 2. The maximum Gasteiger partial charge on any atom is 0.247 e. The number of rotatable bonds is 6. The monoisotopic (exact) mass is 542 g/mol. The average Bonchev–Trinajstić information content (AvgIpc) is 2.80. The molecule has 10 heteroatoms. The third-order valence-electron chi connectivity index (χ3n) is 6.54. The summed E-state index contributed by atoms with van der Waals surface area (Å²) in [6.45, 7) is 8.27. The molecule has 0 spiro atoms. The van der Waals surface area contributed by atoms with Gasteiger partial charge in [0.1, 0.15) is 0 Å². The summed E-state index contributed by atoms with van der Waals surface area (Å²) in [5.74, 6) is -1.20. The average molecular weight is 543 g/mol. The maximum atomic E-state index is 14.2. The van der Waals surface area contributed by atoms with Gasteiger partial charge in [0, 0.05) is 46.6 Å². The summed E-state index contributed by atoms with van der Waals surface area (Å²) in [5.41, 5.74) is 21.7. The van der Waals surface area contributed by atoms with Crippen LogP contribution in [0.15, 0.2) is 48.5 Å². The lowest BCUT2D eigenvalue weighted by Crippen LogP contribution is -2.55. The summed E-state index contributed by atoms with van der Waals surface area (Å²) in [6, 6.07) is 14.0. The zero-order valence-electron chi connectivity index (χ0n) is 21.2. The van der Waals surface area contributed by atoms with Crippen LogP contribution in [0.2, 0.25) is 0 Å². The first-order valence-corrected chi connectivity index (χ1v) is 11.6. The molecule has 2 aromatic carbocycles. The van der Waals surface area contributed by atoms with Crippen molar-refractivity contribution in [3.63, 3.8) is 0 Å². The third kappa shape index (κ3) is 4.86.